The van der Waals surface area contributed by atoms with Crippen molar-refractivity contribution in [2.24, 2.45) is 0 Å². The van der Waals surface area contributed by atoms with Gasteiger partial charge in [-0.05, 0) is 106 Å². The summed E-state index contributed by atoms with van der Waals surface area (Å²) in [4.78, 5) is 0. The third kappa shape index (κ3) is 5.69. The molecule has 0 radical (unpaired) electrons. The maximum Gasteiger partial charge on any atom is 0.0429 e. The van der Waals surface area contributed by atoms with E-state index in [1.165, 1.54) is 66.8 Å². The Kier molecular flexibility index (Phi) is 8.93. The van der Waals surface area contributed by atoms with E-state index >= 15 is 0 Å². The maximum atomic E-state index is 6.23. The molecule has 0 spiro atoms. The van der Waals surface area contributed by atoms with Crippen LogP contribution in [0.5, 0.6) is 0 Å². The standard InChI is InChI=1S/C44H41N.C2H6/c1-30-28-31(22-24-32-14-8-13-21-42(32)45)23-26-35(30)36-17-10-12-20-41(36)44(4,33-15-6-5-7-16-33)34-25-27-40-38(29-34)37-18-9-11-19-39(37)43(40,2)3;1-2/h5-21,23,25-29H,22,24,45H2,1-4H3;1-2H3. The van der Waals surface area contributed by atoms with Crippen LogP contribution < -0.4 is 5.73 Å². The molecule has 0 amide bonds. The first-order valence-corrected chi connectivity index (χ1v) is 17.1. The van der Waals surface area contributed by atoms with Gasteiger partial charge in [-0.25, -0.2) is 0 Å². The van der Waals surface area contributed by atoms with Gasteiger partial charge >= 0.3 is 0 Å². The van der Waals surface area contributed by atoms with Crippen LogP contribution in [0.2, 0.25) is 0 Å². The summed E-state index contributed by atoms with van der Waals surface area (Å²) < 4.78 is 0. The average Bonchev–Trinajstić information content (AvgIpc) is 3.34. The van der Waals surface area contributed by atoms with Crippen molar-refractivity contribution in [3.63, 3.8) is 0 Å². The van der Waals surface area contributed by atoms with E-state index in [2.05, 4.69) is 155 Å². The summed E-state index contributed by atoms with van der Waals surface area (Å²) >= 11 is 0. The Balaban J connectivity index is 0.00000190. The zero-order valence-corrected chi connectivity index (χ0v) is 28.8. The van der Waals surface area contributed by atoms with Crippen molar-refractivity contribution in [3.05, 3.63) is 184 Å². The number of benzene rings is 6. The molecule has 1 aliphatic rings. The number of hydrogen-bond donors (Lipinski definition) is 1. The molecule has 6 aromatic rings. The van der Waals surface area contributed by atoms with E-state index in [1.807, 2.05) is 26.0 Å². The molecular weight excluding hydrogens is 567 g/mol. The number of para-hydroxylation sites is 1. The second-order valence-corrected chi connectivity index (χ2v) is 13.3. The third-order valence-electron chi connectivity index (χ3n) is 10.3. The van der Waals surface area contributed by atoms with Crippen LogP contribution in [0.4, 0.5) is 5.69 Å². The molecule has 47 heavy (non-hydrogen) atoms. The van der Waals surface area contributed by atoms with Crippen LogP contribution in [0.3, 0.4) is 0 Å². The molecule has 0 bridgehead atoms. The molecule has 0 fully saturated rings. The van der Waals surface area contributed by atoms with Gasteiger partial charge in [0.05, 0.1) is 0 Å². The zero-order chi connectivity index (χ0) is 33.2. The van der Waals surface area contributed by atoms with E-state index in [9.17, 15) is 0 Å². The molecule has 1 aliphatic carbocycles. The first kappa shape index (κ1) is 32.1. The fourth-order valence-electron chi connectivity index (χ4n) is 7.66. The van der Waals surface area contributed by atoms with Gasteiger partial charge < -0.3 is 5.73 Å². The van der Waals surface area contributed by atoms with E-state index in [0.717, 1.165) is 18.5 Å². The predicted molar refractivity (Wildman–Crippen MR) is 202 cm³/mol. The maximum absolute atomic E-state index is 6.23. The van der Waals surface area contributed by atoms with E-state index < -0.39 is 0 Å². The van der Waals surface area contributed by atoms with Gasteiger partial charge in [0, 0.05) is 16.5 Å². The van der Waals surface area contributed by atoms with Crippen molar-refractivity contribution in [3.8, 4) is 22.3 Å². The minimum atomic E-state index is -0.371. The van der Waals surface area contributed by atoms with Crippen molar-refractivity contribution < 1.29 is 0 Å². The second-order valence-electron chi connectivity index (χ2n) is 13.3. The number of rotatable bonds is 7. The largest absolute Gasteiger partial charge is 0.399 e. The molecule has 1 atom stereocenters. The monoisotopic (exact) mass is 613 g/mol. The molecule has 0 aromatic heterocycles. The number of fused-ring (bicyclic) bond motifs is 3. The van der Waals surface area contributed by atoms with Gasteiger partial charge in [0.2, 0.25) is 0 Å². The third-order valence-corrected chi connectivity index (χ3v) is 10.3. The Bertz CT molecular complexity index is 2020. The fourth-order valence-corrected chi connectivity index (χ4v) is 7.66. The molecule has 6 aromatic carbocycles. The summed E-state index contributed by atoms with van der Waals surface area (Å²) in [6, 6.07) is 51.4. The number of anilines is 1. The highest BCUT2D eigenvalue weighted by molar-refractivity contribution is 5.82. The van der Waals surface area contributed by atoms with Crippen molar-refractivity contribution in [2.45, 2.75) is 65.2 Å². The lowest BCUT2D eigenvalue weighted by molar-refractivity contribution is 0.657. The Labute approximate surface area is 282 Å². The van der Waals surface area contributed by atoms with Gasteiger partial charge in [0.15, 0.2) is 0 Å². The molecule has 0 saturated carbocycles. The lowest BCUT2D eigenvalue weighted by Gasteiger charge is -2.35. The Morgan fingerprint density at radius 3 is 1.94 bits per heavy atom. The van der Waals surface area contributed by atoms with Crippen molar-refractivity contribution >= 4 is 5.69 Å². The van der Waals surface area contributed by atoms with E-state index in [4.69, 9.17) is 5.73 Å². The van der Waals surface area contributed by atoms with Crippen LogP contribution in [0.1, 0.15) is 79.1 Å². The van der Waals surface area contributed by atoms with E-state index in [0.29, 0.717) is 0 Å². The lowest BCUT2D eigenvalue weighted by Crippen LogP contribution is -2.26. The summed E-state index contributed by atoms with van der Waals surface area (Å²) in [5, 5.41) is 0. The van der Waals surface area contributed by atoms with E-state index in [-0.39, 0.29) is 10.8 Å². The fraction of sp³-hybridized carbons (Fsp3) is 0.217. The van der Waals surface area contributed by atoms with E-state index in [1.54, 1.807) is 0 Å². The van der Waals surface area contributed by atoms with Crippen LogP contribution in [0.15, 0.2) is 140 Å². The van der Waals surface area contributed by atoms with Crippen LogP contribution in [-0.2, 0) is 23.7 Å². The lowest BCUT2D eigenvalue weighted by atomic mass is 9.68. The summed E-state index contributed by atoms with van der Waals surface area (Å²) in [5.74, 6) is 0. The molecule has 0 heterocycles. The second kappa shape index (κ2) is 13.1. The van der Waals surface area contributed by atoms with Gasteiger partial charge in [-0.3, -0.25) is 0 Å². The molecule has 2 N–H and O–H groups in total. The highest BCUT2D eigenvalue weighted by Crippen LogP contribution is 2.51. The predicted octanol–water partition coefficient (Wildman–Crippen LogP) is 11.7. The van der Waals surface area contributed by atoms with Gasteiger partial charge in [0.1, 0.15) is 0 Å². The van der Waals surface area contributed by atoms with Gasteiger partial charge in [-0.2, -0.15) is 0 Å². The SMILES string of the molecule is CC.Cc1cc(CCc2ccccc2N)ccc1-c1ccccc1C(C)(c1ccccc1)c1ccc2c(c1)-c1ccccc1C2(C)C. The van der Waals surface area contributed by atoms with Crippen LogP contribution in [-0.4, -0.2) is 0 Å². The molecule has 0 aliphatic heterocycles. The van der Waals surface area contributed by atoms with Gasteiger partial charge in [0.25, 0.3) is 0 Å². The summed E-state index contributed by atoms with van der Waals surface area (Å²) in [7, 11) is 0. The van der Waals surface area contributed by atoms with Crippen molar-refractivity contribution in [1.82, 2.24) is 0 Å². The Morgan fingerprint density at radius 2 is 1.19 bits per heavy atom. The molecule has 1 heteroatoms. The highest BCUT2D eigenvalue weighted by atomic mass is 14.6. The van der Waals surface area contributed by atoms with Crippen LogP contribution in [0, 0.1) is 6.92 Å². The highest BCUT2D eigenvalue weighted by Gasteiger charge is 2.38. The van der Waals surface area contributed by atoms with Gasteiger partial charge in [-0.1, -0.05) is 155 Å². The number of nitrogen functional groups attached to an aromatic ring is 1. The molecule has 7 rings (SSSR count). The topological polar surface area (TPSA) is 26.0 Å². The molecular formula is C46H47N. The van der Waals surface area contributed by atoms with Crippen LogP contribution >= 0.6 is 0 Å². The normalized spacial score (nSPS) is 13.9. The van der Waals surface area contributed by atoms with Crippen molar-refractivity contribution in [2.75, 3.05) is 5.73 Å². The Morgan fingerprint density at radius 1 is 0.553 bits per heavy atom. The molecule has 236 valence electrons. The minimum Gasteiger partial charge on any atom is -0.399 e. The number of hydrogen-bond acceptors (Lipinski definition) is 1. The van der Waals surface area contributed by atoms with Gasteiger partial charge in [-0.15, -0.1) is 0 Å². The summed E-state index contributed by atoms with van der Waals surface area (Å²) in [5.41, 5.74) is 22.5. The number of aryl methyl sites for hydroxylation is 3. The smallest absolute Gasteiger partial charge is 0.0429 e. The quantitative estimate of drug-likeness (QED) is 0.141. The number of nitrogens with two attached hydrogens (primary N) is 1. The zero-order valence-electron chi connectivity index (χ0n) is 28.8. The molecule has 1 unspecified atom stereocenters. The van der Waals surface area contributed by atoms with Crippen LogP contribution in [0.25, 0.3) is 22.3 Å². The van der Waals surface area contributed by atoms with Crippen molar-refractivity contribution in [1.29, 1.82) is 0 Å². The minimum absolute atomic E-state index is 0.0173. The molecule has 0 saturated heterocycles. The average molecular weight is 614 g/mol. The Hall–Kier alpha value is -4.88. The molecule has 1 nitrogen and oxygen atoms in total. The first-order valence-electron chi connectivity index (χ1n) is 17.1. The first-order chi connectivity index (χ1) is 22.8. The summed E-state index contributed by atoms with van der Waals surface area (Å²) in [6.45, 7) is 13.4. The summed E-state index contributed by atoms with van der Waals surface area (Å²) in [6.07, 6.45) is 1.90.